The number of carbonyl (C=O) groups is 2. The summed E-state index contributed by atoms with van der Waals surface area (Å²) in [5.74, 6) is -0.374. The molecule has 1 aromatic rings. The Morgan fingerprint density at radius 3 is 2.72 bits per heavy atom. The van der Waals surface area contributed by atoms with Gasteiger partial charge in [-0.3, -0.25) is 4.79 Å². The molecule has 0 atom stereocenters. The highest BCUT2D eigenvalue weighted by Crippen LogP contribution is 2.28. The summed E-state index contributed by atoms with van der Waals surface area (Å²) in [5.41, 5.74) is 1.44. The Kier molecular flexibility index (Phi) is 5.43. The first-order valence-corrected chi connectivity index (χ1v) is 6.18. The molecule has 1 aromatic carbocycles. The first-order chi connectivity index (χ1) is 8.43. The summed E-state index contributed by atoms with van der Waals surface area (Å²) in [6, 6.07) is 3.43. The monoisotopic (exact) mass is 334 g/mol. The molecule has 18 heavy (non-hydrogen) atoms. The van der Waals surface area contributed by atoms with Gasteiger partial charge in [0.05, 0.1) is 12.8 Å². The molecular formula is C11H12BrClN2O3. The van der Waals surface area contributed by atoms with Crippen LogP contribution in [0.2, 0.25) is 5.02 Å². The van der Waals surface area contributed by atoms with Gasteiger partial charge in [0.15, 0.2) is 0 Å². The molecular weight excluding hydrogens is 323 g/mol. The maximum absolute atomic E-state index is 11.5. The Morgan fingerprint density at radius 1 is 1.44 bits per heavy atom. The number of hydrogen-bond acceptors (Lipinski definition) is 3. The molecule has 0 unspecified atom stereocenters. The van der Waals surface area contributed by atoms with Crippen LogP contribution in [0.5, 0.6) is 0 Å². The number of amides is 2. The van der Waals surface area contributed by atoms with Gasteiger partial charge in [-0.05, 0) is 40.5 Å². The lowest BCUT2D eigenvalue weighted by Crippen LogP contribution is -2.32. The van der Waals surface area contributed by atoms with Gasteiger partial charge in [0.25, 0.3) is 0 Å². The largest absolute Gasteiger partial charge is 0.453 e. The van der Waals surface area contributed by atoms with Crippen LogP contribution >= 0.6 is 27.5 Å². The zero-order valence-corrected chi connectivity index (χ0v) is 12.2. The molecule has 98 valence electrons. The van der Waals surface area contributed by atoms with Gasteiger partial charge in [0.1, 0.15) is 6.54 Å². The molecule has 0 aliphatic heterocycles. The van der Waals surface area contributed by atoms with Crippen molar-refractivity contribution in [3.05, 3.63) is 27.2 Å². The minimum Gasteiger partial charge on any atom is -0.453 e. The predicted octanol–water partition coefficient (Wildman–Crippen LogP) is 2.71. The number of nitrogens with one attached hydrogen (secondary N) is 2. The fourth-order valence-corrected chi connectivity index (χ4v) is 1.88. The van der Waals surface area contributed by atoms with E-state index in [9.17, 15) is 9.59 Å². The van der Waals surface area contributed by atoms with E-state index in [2.05, 4.69) is 31.3 Å². The van der Waals surface area contributed by atoms with E-state index in [1.165, 1.54) is 7.11 Å². The molecule has 5 nitrogen and oxygen atoms in total. The maximum Gasteiger partial charge on any atom is 0.407 e. The highest BCUT2D eigenvalue weighted by molar-refractivity contribution is 9.10. The third-order valence-corrected chi connectivity index (χ3v) is 3.16. The minimum atomic E-state index is -0.661. The summed E-state index contributed by atoms with van der Waals surface area (Å²) < 4.78 is 5.07. The summed E-state index contributed by atoms with van der Waals surface area (Å²) in [6.07, 6.45) is -0.661. The number of methoxy groups -OCH3 is 1. The van der Waals surface area contributed by atoms with Crippen molar-refractivity contribution in [1.82, 2.24) is 5.32 Å². The fourth-order valence-electron chi connectivity index (χ4n) is 1.16. The summed E-state index contributed by atoms with van der Waals surface area (Å²) >= 11 is 9.28. The lowest BCUT2D eigenvalue weighted by molar-refractivity contribution is -0.115. The van der Waals surface area contributed by atoms with Gasteiger partial charge in [-0.25, -0.2) is 4.79 Å². The predicted molar refractivity (Wildman–Crippen MR) is 72.9 cm³/mol. The van der Waals surface area contributed by atoms with Crippen molar-refractivity contribution in [3.63, 3.8) is 0 Å². The zero-order valence-electron chi connectivity index (χ0n) is 9.84. The molecule has 0 fully saturated rings. The van der Waals surface area contributed by atoms with Crippen LogP contribution < -0.4 is 10.6 Å². The van der Waals surface area contributed by atoms with Crippen molar-refractivity contribution < 1.29 is 14.3 Å². The number of halogens is 2. The number of rotatable bonds is 3. The first kappa shape index (κ1) is 14.8. The van der Waals surface area contributed by atoms with Crippen LogP contribution in [0.1, 0.15) is 5.56 Å². The lowest BCUT2D eigenvalue weighted by Gasteiger charge is -2.09. The number of benzene rings is 1. The van der Waals surface area contributed by atoms with Crippen LogP contribution in [0, 0.1) is 6.92 Å². The van der Waals surface area contributed by atoms with Gasteiger partial charge in [-0.1, -0.05) is 11.6 Å². The molecule has 0 spiro atoms. The molecule has 7 heteroatoms. The molecule has 0 aliphatic carbocycles. The molecule has 0 radical (unpaired) electrons. The van der Waals surface area contributed by atoms with E-state index in [0.717, 1.165) is 10.0 Å². The normalized spacial score (nSPS) is 9.78. The highest BCUT2D eigenvalue weighted by Gasteiger charge is 2.09. The van der Waals surface area contributed by atoms with Crippen LogP contribution in [0.4, 0.5) is 10.5 Å². The standard InChI is InChI=1S/C11H12BrClN2O3/c1-6-3-7(12)9(4-8(6)13)15-10(16)5-14-11(17)18-2/h3-4H,5H2,1-2H3,(H,14,17)(H,15,16). The molecule has 2 N–H and O–H groups in total. The van der Waals surface area contributed by atoms with Gasteiger partial charge in [-0.15, -0.1) is 0 Å². The number of anilines is 1. The van der Waals surface area contributed by atoms with Gasteiger partial charge in [-0.2, -0.15) is 0 Å². The van der Waals surface area contributed by atoms with Crippen molar-refractivity contribution in [1.29, 1.82) is 0 Å². The number of alkyl carbamates (subject to hydrolysis) is 1. The van der Waals surface area contributed by atoms with Crippen molar-refractivity contribution in [2.75, 3.05) is 19.0 Å². The van der Waals surface area contributed by atoms with E-state index in [0.29, 0.717) is 10.7 Å². The molecule has 0 saturated carbocycles. The Bertz CT molecular complexity index is 480. The number of hydrogen-bond donors (Lipinski definition) is 2. The second kappa shape index (κ2) is 6.61. The van der Waals surface area contributed by atoms with E-state index < -0.39 is 6.09 Å². The van der Waals surface area contributed by atoms with Gasteiger partial charge in [0.2, 0.25) is 5.91 Å². The maximum atomic E-state index is 11.5. The number of carbonyl (C=O) groups excluding carboxylic acids is 2. The quantitative estimate of drug-likeness (QED) is 0.892. The Labute approximate surface area is 118 Å². The fraction of sp³-hybridized carbons (Fsp3) is 0.273. The zero-order chi connectivity index (χ0) is 13.7. The van der Waals surface area contributed by atoms with Gasteiger partial charge >= 0.3 is 6.09 Å². The van der Waals surface area contributed by atoms with E-state index in [1.54, 1.807) is 12.1 Å². The molecule has 0 aliphatic rings. The number of aryl methyl sites for hydroxylation is 1. The topological polar surface area (TPSA) is 67.4 Å². The number of ether oxygens (including phenoxy) is 1. The summed E-state index contributed by atoms with van der Waals surface area (Å²) in [4.78, 5) is 22.3. The van der Waals surface area contributed by atoms with Crippen molar-refractivity contribution in [2.45, 2.75) is 6.92 Å². The van der Waals surface area contributed by atoms with Crippen LogP contribution in [-0.4, -0.2) is 25.7 Å². The molecule has 0 saturated heterocycles. The summed E-state index contributed by atoms with van der Waals surface area (Å²) in [5, 5.41) is 5.44. The SMILES string of the molecule is COC(=O)NCC(=O)Nc1cc(Cl)c(C)cc1Br. The van der Waals surface area contributed by atoms with Crippen LogP contribution in [-0.2, 0) is 9.53 Å². The third-order valence-electron chi connectivity index (χ3n) is 2.10. The van der Waals surface area contributed by atoms with E-state index in [1.807, 2.05) is 6.92 Å². The lowest BCUT2D eigenvalue weighted by atomic mass is 10.2. The van der Waals surface area contributed by atoms with Crippen molar-refractivity contribution in [3.8, 4) is 0 Å². The smallest absolute Gasteiger partial charge is 0.407 e. The third kappa shape index (κ3) is 4.19. The molecule has 0 heterocycles. The summed E-state index contributed by atoms with van der Waals surface area (Å²) in [7, 11) is 1.23. The Balaban J connectivity index is 2.65. The minimum absolute atomic E-state index is 0.176. The van der Waals surface area contributed by atoms with Gasteiger partial charge < -0.3 is 15.4 Å². The van der Waals surface area contributed by atoms with Crippen molar-refractivity contribution >= 4 is 45.2 Å². The Hall–Kier alpha value is -1.27. The van der Waals surface area contributed by atoms with Crippen LogP contribution in [0.15, 0.2) is 16.6 Å². The summed E-state index contributed by atoms with van der Waals surface area (Å²) in [6.45, 7) is 1.68. The Morgan fingerprint density at radius 2 is 2.11 bits per heavy atom. The van der Waals surface area contributed by atoms with E-state index >= 15 is 0 Å². The van der Waals surface area contributed by atoms with Crippen molar-refractivity contribution in [2.24, 2.45) is 0 Å². The molecule has 0 bridgehead atoms. The van der Waals surface area contributed by atoms with E-state index in [4.69, 9.17) is 11.6 Å². The highest BCUT2D eigenvalue weighted by atomic mass is 79.9. The van der Waals surface area contributed by atoms with Gasteiger partial charge in [0, 0.05) is 9.50 Å². The second-order valence-corrected chi connectivity index (χ2v) is 4.74. The van der Waals surface area contributed by atoms with E-state index in [-0.39, 0.29) is 12.5 Å². The molecule has 1 rings (SSSR count). The molecule has 0 aromatic heterocycles. The second-order valence-electron chi connectivity index (χ2n) is 3.47. The molecule has 2 amide bonds. The first-order valence-electron chi connectivity index (χ1n) is 5.01. The average Bonchev–Trinajstić information content (AvgIpc) is 2.33. The van der Waals surface area contributed by atoms with Crippen LogP contribution in [0.25, 0.3) is 0 Å². The average molecular weight is 336 g/mol. The van der Waals surface area contributed by atoms with Crippen LogP contribution in [0.3, 0.4) is 0 Å².